The number of aliphatic hydroxyl groups is 1. The van der Waals surface area contributed by atoms with E-state index in [9.17, 15) is 14.7 Å². The maximum Gasteiger partial charge on any atom is 0.253 e. The molecule has 2 atom stereocenters. The highest BCUT2D eigenvalue weighted by atomic mass is 35.5. The number of anilines is 3. The van der Waals surface area contributed by atoms with Crippen molar-refractivity contribution in [2.45, 2.75) is 45.3 Å². The summed E-state index contributed by atoms with van der Waals surface area (Å²) in [6.07, 6.45) is 2.11. The third-order valence-electron chi connectivity index (χ3n) is 5.40. The lowest BCUT2D eigenvalue weighted by Gasteiger charge is -2.18. The van der Waals surface area contributed by atoms with E-state index in [1.165, 1.54) is 0 Å². The fraction of sp³-hybridized carbons (Fsp3) is 0.360. The van der Waals surface area contributed by atoms with Crippen molar-refractivity contribution in [2.75, 3.05) is 23.7 Å². The van der Waals surface area contributed by atoms with Crippen LogP contribution in [0.4, 0.5) is 17.1 Å². The van der Waals surface area contributed by atoms with E-state index < -0.39 is 17.0 Å². The Bertz CT molecular complexity index is 1090. The van der Waals surface area contributed by atoms with Gasteiger partial charge in [0.2, 0.25) is 0 Å². The van der Waals surface area contributed by atoms with Crippen molar-refractivity contribution < 1.29 is 5.11 Å². The first-order valence-electron chi connectivity index (χ1n) is 11.0. The zero-order valence-electron chi connectivity index (χ0n) is 18.5. The first-order valence-corrected chi connectivity index (χ1v) is 11.4. The van der Waals surface area contributed by atoms with Crippen LogP contribution in [-0.4, -0.2) is 24.2 Å². The molecule has 6 nitrogen and oxygen atoms in total. The minimum atomic E-state index is -0.626. The number of rotatable bonds is 12. The van der Waals surface area contributed by atoms with Crippen LogP contribution in [-0.2, 0) is 6.42 Å². The molecule has 0 fully saturated rings. The van der Waals surface area contributed by atoms with Gasteiger partial charge in [0.05, 0.1) is 6.10 Å². The zero-order valence-corrected chi connectivity index (χ0v) is 19.2. The maximum absolute atomic E-state index is 11.9. The first kappa shape index (κ1) is 24.0. The molecule has 0 aliphatic rings. The predicted octanol–water partition coefficient (Wildman–Crippen LogP) is 4.15. The van der Waals surface area contributed by atoms with E-state index in [2.05, 4.69) is 29.8 Å². The molecule has 7 heteroatoms. The Morgan fingerprint density at radius 1 is 1.03 bits per heavy atom. The molecule has 0 spiro atoms. The second-order valence-corrected chi connectivity index (χ2v) is 8.53. The average Bonchev–Trinajstić information content (AvgIpc) is 2.80. The fourth-order valence-corrected chi connectivity index (χ4v) is 3.71. The molecule has 3 aromatic rings. The number of hydrogen-bond donors (Lipinski definition) is 4. The summed E-state index contributed by atoms with van der Waals surface area (Å²) in [4.78, 5) is 23.7. The molecule has 1 unspecified atom stereocenters. The van der Waals surface area contributed by atoms with Gasteiger partial charge < -0.3 is 21.1 Å². The van der Waals surface area contributed by atoms with Gasteiger partial charge in [-0.2, -0.15) is 0 Å². The second kappa shape index (κ2) is 11.3. The van der Waals surface area contributed by atoms with Crippen LogP contribution in [0.5, 0.6) is 0 Å². The topological polar surface area (TPSA) is 90.5 Å². The van der Waals surface area contributed by atoms with Gasteiger partial charge in [0.1, 0.15) is 11.4 Å². The largest absolute Gasteiger partial charge is 0.387 e. The SMILES string of the molecule is CCCCNc1c(Nc2ccc(CC(C)NC[C@H](O)c3cccc(Cl)c3)cc2)c(=O)c1=O. The standard InChI is InChI=1S/C25H30ClN3O3/c1-3-4-12-27-22-23(25(32)24(22)31)29-20-10-8-17(9-11-20)13-16(2)28-15-21(30)18-6-5-7-19(26)14-18/h5-11,14,16,21,27-30H,3-4,12-13,15H2,1-2H3/t16?,21-/m0/s1. The minimum Gasteiger partial charge on any atom is -0.387 e. The smallest absolute Gasteiger partial charge is 0.253 e. The highest BCUT2D eigenvalue weighted by molar-refractivity contribution is 6.30. The van der Waals surface area contributed by atoms with Crippen molar-refractivity contribution in [3.8, 4) is 0 Å². The number of aliphatic hydroxyl groups excluding tert-OH is 1. The van der Waals surface area contributed by atoms with Gasteiger partial charge in [-0.25, -0.2) is 0 Å². The zero-order chi connectivity index (χ0) is 23.1. The van der Waals surface area contributed by atoms with Crippen LogP contribution in [0.1, 0.15) is 43.9 Å². The highest BCUT2D eigenvalue weighted by Crippen LogP contribution is 2.22. The highest BCUT2D eigenvalue weighted by Gasteiger charge is 2.20. The van der Waals surface area contributed by atoms with E-state index in [0.717, 1.165) is 36.1 Å². The van der Waals surface area contributed by atoms with Crippen LogP contribution in [0.15, 0.2) is 58.1 Å². The molecule has 3 aromatic carbocycles. The molecule has 0 aliphatic heterocycles. The molecule has 32 heavy (non-hydrogen) atoms. The van der Waals surface area contributed by atoms with Gasteiger partial charge in [0.15, 0.2) is 0 Å². The normalized spacial score (nSPS) is 13.1. The van der Waals surface area contributed by atoms with Crippen LogP contribution in [0, 0.1) is 0 Å². The van der Waals surface area contributed by atoms with Crippen LogP contribution in [0.2, 0.25) is 5.02 Å². The molecule has 0 saturated heterocycles. The predicted molar refractivity (Wildman–Crippen MR) is 132 cm³/mol. The van der Waals surface area contributed by atoms with Gasteiger partial charge in [-0.05, 0) is 55.2 Å². The lowest BCUT2D eigenvalue weighted by atomic mass is 10.1. The molecule has 0 amide bonds. The van der Waals surface area contributed by atoms with Gasteiger partial charge in [-0.15, -0.1) is 0 Å². The van der Waals surface area contributed by atoms with Crippen molar-refractivity contribution in [1.82, 2.24) is 5.32 Å². The van der Waals surface area contributed by atoms with Gasteiger partial charge in [-0.3, -0.25) is 9.59 Å². The molecule has 0 saturated carbocycles. The van der Waals surface area contributed by atoms with E-state index in [-0.39, 0.29) is 6.04 Å². The fourth-order valence-electron chi connectivity index (χ4n) is 3.51. The van der Waals surface area contributed by atoms with Gasteiger partial charge in [-0.1, -0.05) is 49.2 Å². The van der Waals surface area contributed by atoms with Gasteiger partial charge in [0.25, 0.3) is 10.9 Å². The average molecular weight is 456 g/mol. The Morgan fingerprint density at radius 3 is 2.44 bits per heavy atom. The van der Waals surface area contributed by atoms with Crippen LogP contribution in [0.3, 0.4) is 0 Å². The van der Waals surface area contributed by atoms with Crippen LogP contribution in [0.25, 0.3) is 0 Å². The van der Waals surface area contributed by atoms with Crippen molar-refractivity contribution in [3.63, 3.8) is 0 Å². The lowest BCUT2D eigenvalue weighted by molar-refractivity contribution is 0.170. The van der Waals surface area contributed by atoms with E-state index in [1.807, 2.05) is 36.4 Å². The number of benzene rings is 2. The third-order valence-corrected chi connectivity index (χ3v) is 5.64. The molecule has 0 heterocycles. The molecular formula is C25H30ClN3O3. The molecule has 170 valence electrons. The summed E-state index contributed by atoms with van der Waals surface area (Å²) in [6, 6.07) is 15.2. The van der Waals surface area contributed by atoms with E-state index in [4.69, 9.17) is 11.6 Å². The first-order chi connectivity index (χ1) is 15.4. The lowest BCUT2D eigenvalue weighted by Crippen LogP contribution is -2.36. The number of halogens is 1. The summed E-state index contributed by atoms with van der Waals surface area (Å²) >= 11 is 5.99. The summed E-state index contributed by atoms with van der Waals surface area (Å²) < 4.78 is 0. The Kier molecular flexibility index (Phi) is 8.45. The molecule has 0 radical (unpaired) electrons. The molecular weight excluding hydrogens is 426 g/mol. The Morgan fingerprint density at radius 2 is 1.75 bits per heavy atom. The molecule has 3 rings (SSSR count). The Labute approximate surface area is 193 Å². The molecule has 0 aliphatic carbocycles. The van der Waals surface area contributed by atoms with Crippen molar-refractivity contribution in [1.29, 1.82) is 0 Å². The quantitative estimate of drug-likeness (QED) is 0.242. The minimum absolute atomic E-state index is 0.158. The van der Waals surface area contributed by atoms with Crippen molar-refractivity contribution in [3.05, 3.63) is 85.1 Å². The summed E-state index contributed by atoms with van der Waals surface area (Å²) in [6.45, 7) is 5.24. The number of nitrogens with one attached hydrogen (secondary N) is 3. The number of unbranched alkanes of at least 4 members (excludes halogenated alkanes) is 1. The molecule has 0 bridgehead atoms. The van der Waals surface area contributed by atoms with E-state index in [1.54, 1.807) is 12.1 Å². The van der Waals surface area contributed by atoms with E-state index in [0.29, 0.717) is 29.5 Å². The Balaban J connectivity index is 1.51. The maximum atomic E-state index is 11.9. The molecule has 4 N–H and O–H groups in total. The van der Waals surface area contributed by atoms with Crippen molar-refractivity contribution >= 4 is 28.7 Å². The molecule has 0 aromatic heterocycles. The second-order valence-electron chi connectivity index (χ2n) is 8.09. The van der Waals surface area contributed by atoms with Gasteiger partial charge in [0, 0.05) is 29.8 Å². The van der Waals surface area contributed by atoms with Crippen molar-refractivity contribution in [2.24, 2.45) is 0 Å². The summed E-state index contributed by atoms with van der Waals surface area (Å²) in [7, 11) is 0. The number of hydrogen-bond acceptors (Lipinski definition) is 6. The van der Waals surface area contributed by atoms with Gasteiger partial charge >= 0.3 is 0 Å². The monoisotopic (exact) mass is 455 g/mol. The summed E-state index contributed by atoms with van der Waals surface area (Å²) in [5.74, 6) is 0. The third kappa shape index (κ3) is 6.19. The van der Waals surface area contributed by atoms with Crippen LogP contribution < -0.4 is 26.8 Å². The summed E-state index contributed by atoms with van der Waals surface area (Å²) in [5.41, 5.74) is 2.45. The summed E-state index contributed by atoms with van der Waals surface area (Å²) in [5, 5.41) is 20.4. The van der Waals surface area contributed by atoms with Crippen LogP contribution >= 0.6 is 11.6 Å². The van der Waals surface area contributed by atoms with E-state index >= 15 is 0 Å². The Hall–Kier alpha value is -2.67.